The highest BCUT2D eigenvalue weighted by atomic mass is 35.5. The summed E-state index contributed by atoms with van der Waals surface area (Å²) >= 11 is 5.95. The number of anilines is 1. The highest BCUT2D eigenvalue weighted by Gasteiger charge is 2.43. The number of aliphatic hydroxyl groups is 2. The molecule has 24 heavy (non-hydrogen) atoms. The van der Waals surface area contributed by atoms with Crippen LogP contribution in [0.1, 0.15) is 18.4 Å². The molecule has 1 fully saturated rings. The molecule has 1 saturated heterocycles. The summed E-state index contributed by atoms with van der Waals surface area (Å²) in [6, 6.07) is 6.36. The predicted molar refractivity (Wildman–Crippen MR) is 88.2 cm³/mol. The van der Waals surface area contributed by atoms with Gasteiger partial charge in [-0.25, -0.2) is 0 Å². The van der Waals surface area contributed by atoms with E-state index in [-0.39, 0.29) is 10.6 Å². The van der Waals surface area contributed by atoms with E-state index in [4.69, 9.17) is 26.7 Å². The Bertz CT molecular complexity index is 714. The summed E-state index contributed by atoms with van der Waals surface area (Å²) in [6.07, 6.45) is 0.969. The van der Waals surface area contributed by atoms with Crippen molar-refractivity contribution in [2.24, 2.45) is 5.92 Å². The maximum atomic E-state index is 12.6. The normalized spacial score (nSPS) is 17.1. The van der Waals surface area contributed by atoms with Crippen LogP contribution in [-0.4, -0.2) is 41.5 Å². The molecule has 0 spiro atoms. The maximum absolute atomic E-state index is 12.6. The van der Waals surface area contributed by atoms with Crippen LogP contribution < -0.4 is 5.32 Å². The van der Waals surface area contributed by atoms with E-state index in [9.17, 15) is 9.90 Å². The van der Waals surface area contributed by atoms with E-state index in [1.165, 1.54) is 18.2 Å². The van der Waals surface area contributed by atoms with Gasteiger partial charge in [-0.3, -0.25) is 4.79 Å². The maximum Gasteiger partial charge on any atom is 0.269 e. The van der Waals surface area contributed by atoms with Crippen LogP contribution in [0.4, 0.5) is 5.69 Å². The number of hydrogen-bond acceptors (Lipinski definition) is 5. The molecule has 1 aromatic rings. The van der Waals surface area contributed by atoms with Crippen molar-refractivity contribution in [1.82, 2.24) is 0 Å². The number of ether oxygens (including phenoxy) is 1. The summed E-state index contributed by atoms with van der Waals surface area (Å²) in [6.45, 7) is 0.412. The van der Waals surface area contributed by atoms with E-state index in [0.29, 0.717) is 31.7 Å². The number of nitriles is 1. The summed E-state index contributed by atoms with van der Waals surface area (Å²) in [4.78, 5) is 12.6. The largest absolute Gasteiger partial charge is 0.384 e. The van der Waals surface area contributed by atoms with Crippen LogP contribution >= 0.6 is 11.6 Å². The van der Waals surface area contributed by atoms with Crippen molar-refractivity contribution in [2.45, 2.75) is 18.4 Å². The van der Waals surface area contributed by atoms with Gasteiger partial charge in [0.1, 0.15) is 12.7 Å². The van der Waals surface area contributed by atoms with Gasteiger partial charge < -0.3 is 20.3 Å². The molecular weight excluding hydrogens is 332 g/mol. The van der Waals surface area contributed by atoms with Gasteiger partial charge in [0, 0.05) is 24.8 Å². The van der Waals surface area contributed by atoms with Crippen molar-refractivity contribution in [1.29, 1.82) is 5.26 Å². The van der Waals surface area contributed by atoms with Crippen molar-refractivity contribution in [3.8, 4) is 17.9 Å². The van der Waals surface area contributed by atoms with Gasteiger partial charge in [-0.15, -0.1) is 0 Å². The topological polar surface area (TPSA) is 103 Å². The first-order valence-corrected chi connectivity index (χ1v) is 7.81. The number of carbonyl (C=O) groups excluding carboxylic acids is 1. The number of nitrogens with one attached hydrogen (secondary N) is 1. The minimum absolute atomic E-state index is 0.200. The molecule has 3 N–H and O–H groups in total. The van der Waals surface area contributed by atoms with Crippen LogP contribution in [0, 0.1) is 29.1 Å². The molecule has 0 radical (unpaired) electrons. The molecule has 1 atom stereocenters. The molecule has 126 valence electrons. The van der Waals surface area contributed by atoms with Gasteiger partial charge in [-0.2, -0.15) is 5.26 Å². The first-order valence-electron chi connectivity index (χ1n) is 7.43. The third kappa shape index (κ3) is 4.05. The fraction of sp³-hybridized carbons (Fsp3) is 0.412. The Balaban J connectivity index is 2.24. The van der Waals surface area contributed by atoms with Crippen molar-refractivity contribution < 1.29 is 19.7 Å². The van der Waals surface area contributed by atoms with E-state index in [1.54, 1.807) is 0 Å². The summed E-state index contributed by atoms with van der Waals surface area (Å²) < 4.78 is 5.25. The average molecular weight is 349 g/mol. The van der Waals surface area contributed by atoms with Crippen LogP contribution in [-0.2, 0) is 9.53 Å². The van der Waals surface area contributed by atoms with Crippen molar-refractivity contribution in [3.63, 3.8) is 0 Å². The van der Waals surface area contributed by atoms with Crippen LogP contribution in [0.5, 0.6) is 0 Å². The second-order valence-electron chi connectivity index (χ2n) is 5.37. The number of nitrogens with zero attached hydrogens (tertiary/aromatic N) is 1. The van der Waals surface area contributed by atoms with E-state index in [2.05, 4.69) is 17.2 Å². The lowest BCUT2D eigenvalue weighted by atomic mass is 9.81. The molecule has 1 unspecified atom stereocenters. The minimum Gasteiger partial charge on any atom is -0.384 e. The highest BCUT2D eigenvalue weighted by Crippen LogP contribution is 2.29. The van der Waals surface area contributed by atoms with E-state index < -0.39 is 24.0 Å². The minimum atomic E-state index is -1.94. The molecule has 0 saturated carbocycles. The predicted octanol–water partition coefficient (Wildman–Crippen LogP) is 1.30. The Hall–Kier alpha value is -2.09. The van der Waals surface area contributed by atoms with Crippen molar-refractivity contribution in [2.75, 3.05) is 25.1 Å². The Morgan fingerprint density at radius 1 is 1.46 bits per heavy atom. The van der Waals surface area contributed by atoms with Gasteiger partial charge in [-0.05, 0) is 31.0 Å². The van der Waals surface area contributed by atoms with Gasteiger partial charge in [-0.1, -0.05) is 23.4 Å². The Kier molecular flexibility index (Phi) is 6.19. The third-order valence-corrected chi connectivity index (χ3v) is 4.18. The molecule has 1 aliphatic heterocycles. The van der Waals surface area contributed by atoms with E-state index in [1.807, 2.05) is 6.07 Å². The number of halogens is 1. The molecule has 1 amide bonds. The molecule has 7 heteroatoms. The standard InChI is InChI=1S/C17H17ClN2O4/c18-15-10-14(3-2-12(15)11-19)20-16(22)17(23,6-1-7-21)13-4-8-24-9-5-13/h2-3,10,13,21,23H,4-5,7-9H2,(H,20,22). The van der Waals surface area contributed by atoms with Crippen LogP contribution in [0.2, 0.25) is 5.02 Å². The highest BCUT2D eigenvalue weighted by molar-refractivity contribution is 6.32. The summed E-state index contributed by atoms with van der Waals surface area (Å²) in [5.41, 5.74) is -1.30. The van der Waals surface area contributed by atoms with Gasteiger partial charge >= 0.3 is 0 Å². The first-order chi connectivity index (χ1) is 11.5. The van der Waals surface area contributed by atoms with Gasteiger partial charge in [0.15, 0.2) is 0 Å². The molecule has 1 aromatic carbocycles. The molecule has 2 rings (SSSR count). The fourth-order valence-corrected chi connectivity index (χ4v) is 2.77. The number of amides is 1. The van der Waals surface area contributed by atoms with E-state index >= 15 is 0 Å². The molecule has 1 heterocycles. The second kappa shape index (κ2) is 8.14. The second-order valence-corrected chi connectivity index (χ2v) is 5.78. The molecule has 0 bridgehead atoms. The SMILES string of the molecule is N#Cc1ccc(NC(=O)C(O)(C#CCO)C2CCOCC2)cc1Cl. The monoisotopic (exact) mass is 348 g/mol. The smallest absolute Gasteiger partial charge is 0.269 e. The number of rotatable bonds is 3. The lowest BCUT2D eigenvalue weighted by molar-refractivity contribution is -0.136. The Morgan fingerprint density at radius 3 is 2.75 bits per heavy atom. The van der Waals surface area contributed by atoms with Gasteiger partial charge in [0.05, 0.1) is 10.6 Å². The third-order valence-electron chi connectivity index (χ3n) is 3.86. The Morgan fingerprint density at radius 2 is 2.17 bits per heavy atom. The number of benzene rings is 1. The number of aliphatic hydroxyl groups excluding tert-OH is 1. The zero-order valence-corrected chi connectivity index (χ0v) is 13.6. The van der Waals surface area contributed by atoms with Crippen molar-refractivity contribution in [3.05, 3.63) is 28.8 Å². The number of hydrogen-bond donors (Lipinski definition) is 3. The van der Waals surface area contributed by atoms with Crippen molar-refractivity contribution >= 4 is 23.2 Å². The molecule has 0 aromatic heterocycles. The van der Waals surface area contributed by atoms with Gasteiger partial charge in [0.25, 0.3) is 5.91 Å². The van der Waals surface area contributed by atoms with Gasteiger partial charge in [0.2, 0.25) is 5.60 Å². The molecule has 6 nitrogen and oxygen atoms in total. The fourth-order valence-electron chi connectivity index (χ4n) is 2.54. The zero-order valence-electron chi connectivity index (χ0n) is 12.9. The van der Waals surface area contributed by atoms with Crippen LogP contribution in [0.25, 0.3) is 0 Å². The van der Waals surface area contributed by atoms with Crippen LogP contribution in [0.15, 0.2) is 18.2 Å². The lowest BCUT2D eigenvalue weighted by Crippen LogP contribution is -2.50. The molecular formula is C17H17ClN2O4. The summed E-state index contributed by atoms with van der Waals surface area (Å²) in [5, 5.41) is 31.4. The van der Waals surface area contributed by atoms with E-state index in [0.717, 1.165) is 0 Å². The quantitative estimate of drug-likeness (QED) is 0.715. The number of carbonyl (C=O) groups is 1. The first kappa shape index (κ1) is 18.3. The average Bonchev–Trinajstić information content (AvgIpc) is 2.60. The van der Waals surface area contributed by atoms with Crippen LogP contribution in [0.3, 0.4) is 0 Å². The lowest BCUT2D eigenvalue weighted by Gasteiger charge is -2.33. The summed E-state index contributed by atoms with van der Waals surface area (Å²) in [5.74, 6) is 3.74. The molecule has 1 aliphatic rings. The zero-order chi connectivity index (χ0) is 17.6. The summed E-state index contributed by atoms with van der Waals surface area (Å²) in [7, 11) is 0. The Labute approximate surface area is 145 Å². The molecule has 0 aliphatic carbocycles.